The summed E-state index contributed by atoms with van der Waals surface area (Å²) in [6.45, 7) is 4.41. The fraction of sp³-hybridized carbons (Fsp3) is 0.409. The zero-order chi connectivity index (χ0) is 18.6. The van der Waals surface area contributed by atoms with Crippen LogP contribution in [0.5, 0.6) is 5.75 Å². The monoisotopic (exact) mass is 384 g/mol. The van der Waals surface area contributed by atoms with E-state index in [9.17, 15) is 4.79 Å². The van der Waals surface area contributed by atoms with Crippen LogP contribution in [0.15, 0.2) is 48.5 Å². The van der Waals surface area contributed by atoms with Crippen molar-refractivity contribution in [1.82, 2.24) is 9.80 Å². The van der Waals surface area contributed by atoms with E-state index in [1.807, 2.05) is 53.4 Å². The summed E-state index contributed by atoms with van der Waals surface area (Å²) in [5.74, 6) is 0.713. The SMILES string of the molecule is O=C(c1ccccc1OCc1ccc(Cl)cc1)N1CCC(N2CCCC2)C1. The number of para-hydroxylation sites is 1. The summed E-state index contributed by atoms with van der Waals surface area (Å²) in [6, 6.07) is 15.6. The van der Waals surface area contributed by atoms with Crippen LogP contribution in [0.2, 0.25) is 5.02 Å². The van der Waals surface area contributed by atoms with E-state index in [1.54, 1.807) is 0 Å². The van der Waals surface area contributed by atoms with Crippen LogP contribution in [0.1, 0.15) is 35.2 Å². The summed E-state index contributed by atoms with van der Waals surface area (Å²) in [5, 5.41) is 0.705. The Morgan fingerprint density at radius 2 is 1.78 bits per heavy atom. The number of amides is 1. The summed E-state index contributed by atoms with van der Waals surface area (Å²) in [5.41, 5.74) is 1.67. The highest BCUT2D eigenvalue weighted by atomic mass is 35.5. The molecule has 2 heterocycles. The van der Waals surface area contributed by atoms with Crippen molar-refractivity contribution in [2.24, 2.45) is 0 Å². The second kappa shape index (κ2) is 8.32. The van der Waals surface area contributed by atoms with Crippen molar-refractivity contribution in [3.8, 4) is 5.75 Å². The predicted octanol–water partition coefficient (Wildman–Crippen LogP) is 4.23. The minimum absolute atomic E-state index is 0.0726. The Morgan fingerprint density at radius 1 is 1.04 bits per heavy atom. The number of rotatable bonds is 5. The average molecular weight is 385 g/mol. The molecule has 2 aliphatic rings. The van der Waals surface area contributed by atoms with E-state index in [4.69, 9.17) is 16.3 Å². The highest BCUT2D eigenvalue weighted by Crippen LogP contribution is 2.26. The van der Waals surface area contributed by atoms with Gasteiger partial charge in [0.15, 0.2) is 0 Å². The number of halogens is 1. The topological polar surface area (TPSA) is 32.8 Å². The molecule has 0 aromatic heterocycles. The van der Waals surface area contributed by atoms with Crippen LogP contribution < -0.4 is 4.74 Å². The average Bonchev–Trinajstić information content (AvgIpc) is 3.39. The molecule has 4 nitrogen and oxygen atoms in total. The maximum atomic E-state index is 13.1. The number of carbonyl (C=O) groups excluding carboxylic acids is 1. The lowest BCUT2D eigenvalue weighted by Crippen LogP contribution is -2.37. The smallest absolute Gasteiger partial charge is 0.257 e. The fourth-order valence-electron chi connectivity index (χ4n) is 4.01. The van der Waals surface area contributed by atoms with Crippen LogP contribution in [0.4, 0.5) is 0 Å². The lowest BCUT2D eigenvalue weighted by Gasteiger charge is -2.24. The van der Waals surface area contributed by atoms with E-state index in [0.717, 1.165) is 25.1 Å². The van der Waals surface area contributed by atoms with Crippen LogP contribution in [0.3, 0.4) is 0 Å². The molecule has 0 N–H and O–H groups in total. The predicted molar refractivity (Wildman–Crippen MR) is 107 cm³/mol. The van der Waals surface area contributed by atoms with E-state index >= 15 is 0 Å². The number of benzene rings is 2. The van der Waals surface area contributed by atoms with Gasteiger partial charge in [-0.3, -0.25) is 9.69 Å². The Labute approximate surface area is 165 Å². The zero-order valence-electron chi connectivity index (χ0n) is 15.4. The van der Waals surface area contributed by atoms with Gasteiger partial charge in [0.1, 0.15) is 12.4 Å². The number of nitrogens with zero attached hydrogens (tertiary/aromatic N) is 2. The molecular formula is C22H25ClN2O2. The Hall–Kier alpha value is -2.04. The molecule has 2 aliphatic heterocycles. The first-order chi connectivity index (χ1) is 13.2. The van der Waals surface area contributed by atoms with Gasteiger partial charge in [-0.15, -0.1) is 0 Å². The lowest BCUT2D eigenvalue weighted by molar-refractivity contribution is 0.0775. The highest BCUT2D eigenvalue weighted by Gasteiger charge is 2.32. The molecule has 2 fully saturated rings. The third-order valence-corrected chi connectivity index (χ3v) is 5.78. The molecule has 0 radical (unpaired) electrons. The number of carbonyl (C=O) groups is 1. The van der Waals surface area contributed by atoms with Crippen molar-refractivity contribution < 1.29 is 9.53 Å². The standard InChI is InChI=1S/C22H25ClN2O2/c23-18-9-7-17(8-10-18)16-27-21-6-2-1-5-20(21)22(26)25-14-11-19(15-25)24-12-3-4-13-24/h1-2,5-10,19H,3-4,11-16H2. The first-order valence-corrected chi connectivity index (χ1v) is 10.1. The zero-order valence-corrected chi connectivity index (χ0v) is 16.2. The minimum atomic E-state index is 0.0726. The molecule has 4 rings (SSSR count). The van der Waals surface area contributed by atoms with E-state index in [2.05, 4.69) is 4.90 Å². The Bertz CT molecular complexity index is 787. The highest BCUT2D eigenvalue weighted by molar-refractivity contribution is 6.30. The van der Waals surface area contributed by atoms with Crippen LogP contribution in [0.25, 0.3) is 0 Å². The van der Waals surface area contributed by atoms with E-state index in [1.165, 1.54) is 25.9 Å². The van der Waals surface area contributed by atoms with E-state index in [-0.39, 0.29) is 5.91 Å². The second-order valence-corrected chi connectivity index (χ2v) is 7.78. The number of likely N-dealkylation sites (tertiary alicyclic amines) is 2. The van der Waals surface area contributed by atoms with Gasteiger partial charge >= 0.3 is 0 Å². The molecule has 0 spiro atoms. The molecule has 0 bridgehead atoms. The van der Waals surface area contributed by atoms with Crippen LogP contribution >= 0.6 is 11.6 Å². The number of ether oxygens (including phenoxy) is 1. The first kappa shape index (κ1) is 18.3. The molecule has 2 aromatic rings. The van der Waals surface area contributed by atoms with Gasteiger partial charge < -0.3 is 9.64 Å². The minimum Gasteiger partial charge on any atom is -0.488 e. The fourth-order valence-corrected chi connectivity index (χ4v) is 4.14. The third kappa shape index (κ3) is 4.28. The van der Waals surface area contributed by atoms with Crippen LogP contribution in [-0.2, 0) is 6.61 Å². The van der Waals surface area contributed by atoms with Crippen molar-refractivity contribution in [2.45, 2.75) is 31.9 Å². The molecule has 0 saturated carbocycles. The molecule has 5 heteroatoms. The van der Waals surface area contributed by atoms with E-state index < -0.39 is 0 Å². The van der Waals surface area contributed by atoms with Gasteiger partial charge in [0.05, 0.1) is 5.56 Å². The van der Waals surface area contributed by atoms with Crippen molar-refractivity contribution >= 4 is 17.5 Å². The van der Waals surface area contributed by atoms with Crippen LogP contribution in [0, 0.1) is 0 Å². The summed E-state index contributed by atoms with van der Waals surface area (Å²) in [6.07, 6.45) is 3.64. The molecule has 27 heavy (non-hydrogen) atoms. The summed E-state index contributed by atoms with van der Waals surface area (Å²) >= 11 is 5.93. The first-order valence-electron chi connectivity index (χ1n) is 9.70. The maximum absolute atomic E-state index is 13.1. The second-order valence-electron chi connectivity index (χ2n) is 7.35. The van der Waals surface area contributed by atoms with Crippen LogP contribution in [-0.4, -0.2) is 47.9 Å². The normalized spacial score (nSPS) is 20.2. The number of hydrogen-bond donors (Lipinski definition) is 0. The molecule has 1 atom stereocenters. The summed E-state index contributed by atoms with van der Waals surface area (Å²) in [7, 11) is 0. The Balaban J connectivity index is 1.42. The van der Waals surface area contributed by atoms with Gasteiger partial charge in [-0.1, -0.05) is 35.9 Å². The molecule has 2 aromatic carbocycles. The number of hydrogen-bond acceptors (Lipinski definition) is 3. The molecule has 1 amide bonds. The van der Waals surface area contributed by atoms with Gasteiger partial charge in [0, 0.05) is 24.2 Å². The molecule has 1 unspecified atom stereocenters. The maximum Gasteiger partial charge on any atom is 0.257 e. The van der Waals surface area contributed by atoms with Gasteiger partial charge in [0.25, 0.3) is 5.91 Å². The molecular weight excluding hydrogens is 360 g/mol. The van der Waals surface area contributed by atoms with E-state index in [0.29, 0.717) is 29.0 Å². The van der Waals surface area contributed by atoms with Crippen molar-refractivity contribution in [3.63, 3.8) is 0 Å². The quantitative estimate of drug-likeness (QED) is 0.773. The summed E-state index contributed by atoms with van der Waals surface area (Å²) < 4.78 is 5.97. The largest absolute Gasteiger partial charge is 0.488 e. The van der Waals surface area contributed by atoms with Gasteiger partial charge in [-0.25, -0.2) is 0 Å². The Morgan fingerprint density at radius 3 is 2.56 bits per heavy atom. The molecule has 2 saturated heterocycles. The molecule has 0 aliphatic carbocycles. The molecule has 142 valence electrons. The van der Waals surface area contributed by atoms with Gasteiger partial charge in [-0.2, -0.15) is 0 Å². The Kier molecular flexibility index (Phi) is 5.65. The van der Waals surface area contributed by atoms with Gasteiger partial charge in [-0.05, 0) is 62.2 Å². The van der Waals surface area contributed by atoms with Crippen molar-refractivity contribution in [2.75, 3.05) is 26.2 Å². The third-order valence-electron chi connectivity index (χ3n) is 5.53. The van der Waals surface area contributed by atoms with Crippen molar-refractivity contribution in [1.29, 1.82) is 0 Å². The summed E-state index contributed by atoms with van der Waals surface area (Å²) in [4.78, 5) is 17.6. The van der Waals surface area contributed by atoms with Crippen molar-refractivity contribution in [3.05, 3.63) is 64.7 Å². The van der Waals surface area contributed by atoms with Gasteiger partial charge in [0.2, 0.25) is 0 Å². The lowest BCUT2D eigenvalue weighted by atomic mass is 10.1.